The van der Waals surface area contributed by atoms with Crippen LogP contribution in [0.5, 0.6) is 17.2 Å². The molecule has 0 spiro atoms. The SMILES string of the molecule is C#CCn1c(=NC(=O)c2ccc3c(c2)OCO3)sc2cc(OCC)ccc21. The zero-order valence-corrected chi connectivity index (χ0v) is 15.4. The van der Waals surface area contributed by atoms with Gasteiger partial charge in [-0.2, -0.15) is 4.99 Å². The normalized spacial score (nSPS) is 13.0. The summed E-state index contributed by atoms with van der Waals surface area (Å²) < 4.78 is 19.0. The van der Waals surface area contributed by atoms with Crippen LogP contribution in [-0.4, -0.2) is 23.9 Å². The van der Waals surface area contributed by atoms with E-state index in [2.05, 4.69) is 10.9 Å². The molecule has 0 saturated heterocycles. The highest BCUT2D eigenvalue weighted by atomic mass is 32.1. The van der Waals surface area contributed by atoms with Crippen LogP contribution in [0.25, 0.3) is 10.2 Å². The highest BCUT2D eigenvalue weighted by Gasteiger charge is 2.16. The molecule has 4 rings (SSSR count). The van der Waals surface area contributed by atoms with Gasteiger partial charge in [-0.25, -0.2) is 0 Å². The van der Waals surface area contributed by atoms with E-state index in [9.17, 15) is 4.79 Å². The second-order valence-electron chi connectivity index (χ2n) is 5.72. The number of ether oxygens (including phenoxy) is 3. The number of carbonyl (C=O) groups excluding carboxylic acids is 1. The average Bonchev–Trinajstić information content (AvgIpc) is 3.26. The fourth-order valence-corrected chi connectivity index (χ4v) is 3.88. The maximum Gasteiger partial charge on any atom is 0.279 e. The molecule has 2 aromatic carbocycles. The van der Waals surface area contributed by atoms with Crippen LogP contribution in [0.4, 0.5) is 0 Å². The van der Waals surface area contributed by atoms with E-state index in [1.807, 2.05) is 29.7 Å². The lowest BCUT2D eigenvalue weighted by Crippen LogP contribution is -2.16. The molecule has 0 bridgehead atoms. The number of fused-ring (bicyclic) bond motifs is 2. The third-order valence-corrected chi connectivity index (χ3v) is 5.07. The van der Waals surface area contributed by atoms with E-state index < -0.39 is 0 Å². The van der Waals surface area contributed by atoms with Gasteiger partial charge >= 0.3 is 0 Å². The summed E-state index contributed by atoms with van der Waals surface area (Å²) in [5, 5.41) is 0. The van der Waals surface area contributed by atoms with Crippen molar-refractivity contribution in [2.75, 3.05) is 13.4 Å². The van der Waals surface area contributed by atoms with Crippen molar-refractivity contribution in [2.45, 2.75) is 13.5 Å². The van der Waals surface area contributed by atoms with Gasteiger partial charge in [0.15, 0.2) is 16.3 Å². The van der Waals surface area contributed by atoms with Crippen LogP contribution in [0, 0.1) is 12.3 Å². The van der Waals surface area contributed by atoms with E-state index in [0.29, 0.717) is 35.0 Å². The molecule has 2 heterocycles. The largest absolute Gasteiger partial charge is 0.494 e. The summed E-state index contributed by atoms with van der Waals surface area (Å²) in [6.07, 6.45) is 5.51. The Morgan fingerprint density at radius 1 is 1.30 bits per heavy atom. The van der Waals surface area contributed by atoms with Crippen LogP contribution in [0.15, 0.2) is 41.4 Å². The Hall–Kier alpha value is -3.24. The zero-order valence-electron chi connectivity index (χ0n) is 14.6. The molecule has 1 aromatic heterocycles. The third kappa shape index (κ3) is 3.27. The number of rotatable bonds is 4. The summed E-state index contributed by atoms with van der Waals surface area (Å²) in [6, 6.07) is 10.8. The Balaban J connectivity index is 1.78. The average molecular weight is 380 g/mol. The molecule has 136 valence electrons. The predicted octanol–water partition coefficient (Wildman–Crippen LogP) is 3.20. The summed E-state index contributed by atoms with van der Waals surface area (Å²) in [5.74, 6) is 4.20. The predicted molar refractivity (Wildman–Crippen MR) is 102 cm³/mol. The molecule has 0 N–H and O–H groups in total. The Bertz CT molecular complexity index is 1140. The van der Waals surface area contributed by atoms with Gasteiger partial charge in [0.1, 0.15) is 5.75 Å². The molecule has 3 aromatic rings. The molecular formula is C20H16N2O4S. The van der Waals surface area contributed by atoms with Crippen molar-refractivity contribution in [3.05, 3.63) is 46.8 Å². The summed E-state index contributed by atoms with van der Waals surface area (Å²) in [5.41, 5.74) is 1.35. The maximum atomic E-state index is 12.7. The third-order valence-electron chi connectivity index (χ3n) is 4.03. The summed E-state index contributed by atoms with van der Waals surface area (Å²) in [6.45, 7) is 3.00. The van der Waals surface area contributed by atoms with Crippen LogP contribution in [-0.2, 0) is 6.54 Å². The quantitative estimate of drug-likeness (QED) is 0.652. The second-order valence-corrected chi connectivity index (χ2v) is 6.73. The fourth-order valence-electron chi connectivity index (χ4n) is 2.82. The van der Waals surface area contributed by atoms with Crippen molar-refractivity contribution < 1.29 is 19.0 Å². The van der Waals surface area contributed by atoms with Crippen LogP contribution in [0.3, 0.4) is 0 Å². The Morgan fingerprint density at radius 3 is 2.96 bits per heavy atom. The number of carbonyl (C=O) groups is 1. The molecular weight excluding hydrogens is 364 g/mol. The van der Waals surface area contributed by atoms with Crippen LogP contribution < -0.4 is 19.0 Å². The van der Waals surface area contributed by atoms with Gasteiger partial charge in [-0.1, -0.05) is 17.3 Å². The van der Waals surface area contributed by atoms with Gasteiger partial charge < -0.3 is 18.8 Å². The van der Waals surface area contributed by atoms with Crippen molar-refractivity contribution in [1.82, 2.24) is 4.57 Å². The van der Waals surface area contributed by atoms with Crippen molar-refractivity contribution in [2.24, 2.45) is 4.99 Å². The van der Waals surface area contributed by atoms with E-state index in [1.165, 1.54) is 11.3 Å². The zero-order chi connectivity index (χ0) is 18.8. The summed E-state index contributed by atoms with van der Waals surface area (Å²) >= 11 is 1.40. The lowest BCUT2D eigenvalue weighted by molar-refractivity contribution is 0.0997. The smallest absolute Gasteiger partial charge is 0.279 e. The Morgan fingerprint density at radius 2 is 2.15 bits per heavy atom. The number of hydrogen-bond donors (Lipinski definition) is 0. The number of hydrogen-bond acceptors (Lipinski definition) is 5. The molecule has 6 nitrogen and oxygen atoms in total. The number of amides is 1. The van der Waals surface area contributed by atoms with E-state index in [-0.39, 0.29) is 12.7 Å². The number of benzene rings is 2. The molecule has 27 heavy (non-hydrogen) atoms. The van der Waals surface area contributed by atoms with Gasteiger partial charge in [-0.05, 0) is 43.3 Å². The maximum absolute atomic E-state index is 12.7. The first-order chi connectivity index (χ1) is 13.2. The molecule has 0 aliphatic carbocycles. The van der Waals surface area contributed by atoms with Gasteiger partial charge in [-0.3, -0.25) is 4.79 Å². The monoisotopic (exact) mass is 380 g/mol. The van der Waals surface area contributed by atoms with Crippen LogP contribution in [0.1, 0.15) is 17.3 Å². The van der Waals surface area contributed by atoms with Gasteiger partial charge in [0, 0.05) is 5.56 Å². The molecule has 1 aliphatic rings. The number of thiazole rings is 1. The Kier molecular flexibility index (Phi) is 4.57. The van der Waals surface area contributed by atoms with Crippen LogP contribution in [0.2, 0.25) is 0 Å². The van der Waals surface area contributed by atoms with E-state index in [1.54, 1.807) is 18.2 Å². The van der Waals surface area contributed by atoms with Crippen LogP contribution >= 0.6 is 11.3 Å². The first-order valence-electron chi connectivity index (χ1n) is 8.38. The number of terminal acetylenes is 1. The lowest BCUT2D eigenvalue weighted by Gasteiger charge is -2.03. The number of aromatic nitrogens is 1. The van der Waals surface area contributed by atoms with E-state index >= 15 is 0 Å². The Labute approximate surface area is 159 Å². The molecule has 0 atom stereocenters. The standard InChI is InChI=1S/C20H16N2O4S/c1-3-9-22-15-7-6-14(24-4-2)11-18(15)27-20(22)21-19(23)13-5-8-16-17(10-13)26-12-25-16/h1,5-8,10-11H,4,9,12H2,2H3. The molecule has 0 radical (unpaired) electrons. The molecule has 0 saturated carbocycles. The minimum absolute atomic E-state index is 0.158. The van der Waals surface area contributed by atoms with Gasteiger partial charge in [0.05, 0.1) is 23.4 Å². The van der Waals surface area contributed by atoms with Gasteiger partial charge in [0.2, 0.25) is 6.79 Å². The highest BCUT2D eigenvalue weighted by Crippen LogP contribution is 2.32. The van der Waals surface area contributed by atoms with Crippen molar-refractivity contribution >= 4 is 27.5 Å². The van der Waals surface area contributed by atoms with Crippen molar-refractivity contribution in [3.63, 3.8) is 0 Å². The minimum Gasteiger partial charge on any atom is -0.494 e. The molecule has 0 fully saturated rings. The van der Waals surface area contributed by atoms with Crippen molar-refractivity contribution in [1.29, 1.82) is 0 Å². The molecule has 0 unspecified atom stereocenters. The first kappa shape index (κ1) is 17.2. The first-order valence-corrected chi connectivity index (χ1v) is 9.19. The van der Waals surface area contributed by atoms with Crippen molar-refractivity contribution in [3.8, 4) is 29.6 Å². The number of nitrogens with zero attached hydrogens (tertiary/aromatic N) is 2. The van der Waals surface area contributed by atoms with E-state index in [4.69, 9.17) is 20.6 Å². The molecule has 1 aliphatic heterocycles. The van der Waals surface area contributed by atoms with Gasteiger partial charge in [0.25, 0.3) is 5.91 Å². The topological polar surface area (TPSA) is 62.1 Å². The molecule has 7 heteroatoms. The second kappa shape index (κ2) is 7.17. The minimum atomic E-state index is -0.365. The highest BCUT2D eigenvalue weighted by molar-refractivity contribution is 7.16. The summed E-state index contributed by atoms with van der Waals surface area (Å²) in [7, 11) is 0. The lowest BCUT2D eigenvalue weighted by atomic mass is 10.2. The van der Waals surface area contributed by atoms with E-state index in [0.717, 1.165) is 16.0 Å². The summed E-state index contributed by atoms with van der Waals surface area (Å²) in [4.78, 5) is 17.5. The molecule has 1 amide bonds. The van der Waals surface area contributed by atoms with Gasteiger partial charge in [-0.15, -0.1) is 6.42 Å². The fraction of sp³-hybridized carbons (Fsp3) is 0.200.